The lowest BCUT2D eigenvalue weighted by molar-refractivity contribution is -0.300. The Morgan fingerprint density at radius 2 is 1.83 bits per heavy atom. The molecule has 1 aromatic heterocycles. The molecule has 3 saturated heterocycles. The van der Waals surface area contributed by atoms with Crippen LogP contribution in [0.3, 0.4) is 0 Å². The van der Waals surface area contributed by atoms with Gasteiger partial charge in [-0.3, -0.25) is 14.4 Å². The number of nitrogens with one attached hydrogen (secondary N) is 2. The number of aromatic nitrogens is 1. The summed E-state index contributed by atoms with van der Waals surface area (Å²) < 4.78 is 37.0. The van der Waals surface area contributed by atoms with Crippen molar-refractivity contribution in [3.63, 3.8) is 0 Å². The Hall–Kier alpha value is -4.63. The molecule has 4 heterocycles. The lowest BCUT2D eigenvalue weighted by atomic mass is 9.73. The number of amides is 2. The standard InChI is InChI=1S/C42H61N5O12/c1-12-31-42(9)35(46-40(53)59-42)24(4)32(49)22(2)19-41(8,58-39(52)44-17-13-14-28-15-16-29(20-43)45-21-28)36(25(5)33(50)26(6)37(51)56-31)57-38-34(55-27(7)48)30(47(10)11)18-23(3)54-38/h13-16,21-26,30-31,33-36,38,50H,12,17-19H2,1-11H3,(H,44,52)(H,46,53)/t22-,23-,24+,25+,26-,30+,31-,33+,34-,35-,36-,38+,41-,42-/m1/s1. The number of aliphatic hydroxyl groups excluding tert-OH is 1. The van der Waals surface area contributed by atoms with E-state index in [2.05, 4.69) is 15.6 Å². The highest BCUT2D eigenvalue weighted by Crippen LogP contribution is 2.41. The number of hydrogen-bond donors (Lipinski definition) is 3. The molecule has 3 aliphatic rings. The molecule has 17 heteroatoms. The van der Waals surface area contributed by atoms with E-state index < -0.39 is 95.7 Å². The van der Waals surface area contributed by atoms with Gasteiger partial charge in [0.1, 0.15) is 35.4 Å². The zero-order valence-corrected chi connectivity index (χ0v) is 35.9. The van der Waals surface area contributed by atoms with Crippen LogP contribution in [-0.4, -0.2) is 126 Å². The Labute approximate surface area is 346 Å². The van der Waals surface area contributed by atoms with E-state index in [1.54, 1.807) is 65.8 Å². The molecule has 4 rings (SSSR count). The zero-order chi connectivity index (χ0) is 44.0. The highest BCUT2D eigenvalue weighted by molar-refractivity contribution is 5.85. The Morgan fingerprint density at radius 3 is 2.42 bits per heavy atom. The van der Waals surface area contributed by atoms with Crippen LogP contribution in [0, 0.1) is 35.0 Å². The molecule has 326 valence electrons. The van der Waals surface area contributed by atoms with Crippen LogP contribution in [0.1, 0.15) is 92.8 Å². The Kier molecular flexibility index (Phi) is 15.6. The summed E-state index contributed by atoms with van der Waals surface area (Å²) in [7, 11) is 3.67. The minimum Gasteiger partial charge on any atom is -0.458 e. The molecule has 2 amide bonds. The predicted octanol–water partition coefficient (Wildman–Crippen LogP) is 3.90. The SMILES string of the molecule is CC[C@H]1OC(=O)[C@H](C)[C@@H](O)[C@H](C)[C@@H](O[C@@H]2O[C@H](C)C[C@H](N(C)C)[C@H]2OC(C)=O)[C@](C)(OC(=O)NCC=Cc2ccc(C#N)nc2)C[C@@H](C)C(=O)[C@H](C)[C@H]2NC(=O)O[C@@]21C. The number of pyridine rings is 1. The van der Waals surface area contributed by atoms with Crippen molar-refractivity contribution in [1.82, 2.24) is 20.5 Å². The number of fused-ring (bicyclic) bond motifs is 1. The average Bonchev–Trinajstić information content (AvgIpc) is 3.50. The molecule has 0 bridgehead atoms. The normalized spacial score (nSPS) is 37.0. The first-order valence-electron chi connectivity index (χ1n) is 20.2. The molecule has 3 N–H and O–H groups in total. The van der Waals surface area contributed by atoms with E-state index in [0.717, 1.165) is 0 Å². The third-order valence-electron chi connectivity index (χ3n) is 11.9. The lowest BCUT2D eigenvalue weighted by Crippen LogP contribution is -2.61. The highest BCUT2D eigenvalue weighted by Gasteiger charge is 2.58. The van der Waals surface area contributed by atoms with Gasteiger partial charge in [0.05, 0.1) is 30.2 Å². The van der Waals surface area contributed by atoms with Gasteiger partial charge in [-0.2, -0.15) is 5.26 Å². The number of ketones is 1. The summed E-state index contributed by atoms with van der Waals surface area (Å²) in [5.74, 6) is -5.60. The van der Waals surface area contributed by atoms with Crippen molar-refractivity contribution in [2.24, 2.45) is 23.7 Å². The number of nitriles is 1. The van der Waals surface area contributed by atoms with Crippen LogP contribution in [0.2, 0.25) is 0 Å². The van der Waals surface area contributed by atoms with Crippen molar-refractivity contribution in [3.8, 4) is 6.07 Å². The Bertz CT molecular complexity index is 1750. The number of esters is 2. The first kappa shape index (κ1) is 47.1. The summed E-state index contributed by atoms with van der Waals surface area (Å²) in [5, 5.41) is 26.6. The van der Waals surface area contributed by atoms with Crippen LogP contribution in [-0.2, 0) is 42.8 Å². The van der Waals surface area contributed by atoms with E-state index in [4.69, 9.17) is 33.7 Å². The molecule has 0 saturated carbocycles. The number of aliphatic hydroxyl groups is 1. The largest absolute Gasteiger partial charge is 0.458 e. The number of carbonyl (C=O) groups is 5. The van der Waals surface area contributed by atoms with Gasteiger partial charge in [0.2, 0.25) is 0 Å². The zero-order valence-electron chi connectivity index (χ0n) is 35.9. The Balaban J connectivity index is 1.80. The van der Waals surface area contributed by atoms with Gasteiger partial charge in [-0.05, 0) is 72.7 Å². The van der Waals surface area contributed by atoms with Crippen molar-refractivity contribution in [1.29, 1.82) is 5.26 Å². The second kappa shape index (κ2) is 19.6. The molecule has 17 nitrogen and oxygen atoms in total. The van der Waals surface area contributed by atoms with Crippen molar-refractivity contribution in [2.75, 3.05) is 20.6 Å². The summed E-state index contributed by atoms with van der Waals surface area (Å²) in [6.45, 7) is 14.5. The summed E-state index contributed by atoms with van der Waals surface area (Å²) in [4.78, 5) is 73.4. The van der Waals surface area contributed by atoms with Crippen LogP contribution in [0.4, 0.5) is 9.59 Å². The van der Waals surface area contributed by atoms with Gasteiger partial charge in [-0.1, -0.05) is 45.9 Å². The van der Waals surface area contributed by atoms with Gasteiger partial charge in [0, 0.05) is 37.4 Å². The highest BCUT2D eigenvalue weighted by atomic mass is 16.7. The number of ether oxygens (including phenoxy) is 6. The molecule has 0 unspecified atom stereocenters. The second-order valence-corrected chi connectivity index (χ2v) is 16.8. The van der Waals surface area contributed by atoms with Crippen LogP contribution < -0.4 is 10.6 Å². The molecule has 0 radical (unpaired) electrons. The van der Waals surface area contributed by atoms with Gasteiger partial charge in [-0.25, -0.2) is 14.6 Å². The minimum absolute atomic E-state index is 0.00779. The van der Waals surface area contributed by atoms with Gasteiger partial charge >= 0.3 is 24.1 Å². The van der Waals surface area contributed by atoms with Crippen molar-refractivity contribution in [3.05, 3.63) is 35.7 Å². The number of hydrogen-bond acceptors (Lipinski definition) is 15. The van der Waals surface area contributed by atoms with Gasteiger partial charge in [0.25, 0.3) is 0 Å². The molecule has 1 aromatic rings. The van der Waals surface area contributed by atoms with Crippen LogP contribution >= 0.6 is 0 Å². The summed E-state index contributed by atoms with van der Waals surface area (Å²) in [6, 6.07) is 3.96. The Morgan fingerprint density at radius 1 is 1.14 bits per heavy atom. The van der Waals surface area contributed by atoms with E-state index in [9.17, 15) is 29.1 Å². The summed E-state index contributed by atoms with van der Waals surface area (Å²) >= 11 is 0. The third-order valence-corrected chi connectivity index (χ3v) is 11.9. The fourth-order valence-electron chi connectivity index (χ4n) is 8.70. The molecule has 3 aliphatic heterocycles. The minimum atomic E-state index is -1.74. The van der Waals surface area contributed by atoms with E-state index in [-0.39, 0.29) is 43.0 Å². The third kappa shape index (κ3) is 11.0. The molecule has 0 aromatic carbocycles. The van der Waals surface area contributed by atoms with Crippen LogP contribution in [0.15, 0.2) is 24.4 Å². The van der Waals surface area contributed by atoms with Gasteiger partial charge in [-0.15, -0.1) is 0 Å². The number of nitrogens with zero attached hydrogens (tertiary/aromatic N) is 3. The molecule has 0 aliphatic carbocycles. The first-order valence-corrected chi connectivity index (χ1v) is 20.2. The molecule has 14 atom stereocenters. The van der Waals surface area contributed by atoms with Gasteiger partial charge in [0.15, 0.2) is 18.0 Å². The first-order chi connectivity index (χ1) is 27.6. The van der Waals surface area contributed by atoms with Crippen molar-refractivity contribution in [2.45, 2.75) is 142 Å². The maximum absolute atomic E-state index is 14.5. The summed E-state index contributed by atoms with van der Waals surface area (Å²) in [6.07, 6.45) is -2.58. The van der Waals surface area contributed by atoms with Gasteiger partial charge < -0.3 is 49.1 Å². The van der Waals surface area contributed by atoms with E-state index >= 15 is 0 Å². The topological polar surface area (TPSA) is 225 Å². The molecular formula is C42H61N5O12. The number of likely N-dealkylation sites (N-methyl/N-ethyl adjacent to an activating group) is 1. The second-order valence-electron chi connectivity index (χ2n) is 16.8. The fraction of sp³-hybridized carbons (Fsp3) is 0.690. The van der Waals surface area contributed by atoms with Crippen molar-refractivity contribution >= 4 is 36.0 Å². The van der Waals surface area contributed by atoms with E-state index in [0.29, 0.717) is 12.0 Å². The number of alkyl carbamates (subject to hydrolysis) is 2. The smallest absolute Gasteiger partial charge is 0.408 e. The van der Waals surface area contributed by atoms with E-state index in [1.807, 2.05) is 32.0 Å². The fourth-order valence-corrected chi connectivity index (χ4v) is 8.70. The molecule has 0 spiro atoms. The average molecular weight is 828 g/mol. The molecule has 59 heavy (non-hydrogen) atoms. The molecular weight excluding hydrogens is 766 g/mol. The maximum Gasteiger partial charge on any atom is 0.408 e. The number of rotatable bonds is 9. The van der Waals surface area contributed by atoms with E-state index in [1.165, 1.54) is 20.0 Å². The van der Waals surface area contributed by atoms with Crippen molar-refractivity contribution < 1.29 is 57.5 Å². The lowest BCUT2D eigenvalue weighted by Gasteiger charge is -2.48. The number of cyclic esters (lactones) is 1. The maximum atomic E-state index is 14.5. The quantitative estimate of drug-likeness (QED) is 0.237. The number of carbonyl (C=O) groups excluding carboxylic acids is 5. The summed E-state index contributed by atoms with van der Waals surface area (Å²) in [5.41, 5.74) is -2.23. The molecule has 3 fully saturated rings. The predicted molar refractivity (Wildman–Crippen MR) is 212 cm³/mol. The van der Waals surface area contributed by atoms with Crippen LogP contribution in [0.5, 0.6) is 0 Å². The number of Topliss-reactive ketones (excluding diaryl/α,β-unsaturated/α-hetero) is 1. The van der Waals surface area contributed by atoms with Crippen LogP contribution in [0.25, 0.3) is 6.08 Å². The monoisotopic (exact) mass is 827 g/mol.